The van der Waals surface area contributed by atoms with E-state index in [1.165, 1.54) is 0 Å². The third kappa shape index (κ3) is 4.10. The maximum Gasteiger partial charge on any atom is 0.250 e. The molecule has 202 valence electrons. The highest BCUT2D eigenvalue weighted by atomic mass is 16.5. The predicted molar refractivity (Wildman–Crippen MR) is 144 cm³/mol. The molecule has 3 N–H and O–H groups in total. The van der Waals surface area contributed by atoms with Crippen molar-refractivity contribution in [3.05, 3.63) is 59.7 Å². The van der Waals surface area contributed by atoms with Gasteiger partial charge in [-0.15, -0.1) is 0 Å². The Morgan fingerprint density at radius 2 is 1.71 bits per heavy atom. The van der Waals surface area contributed by atoms with E-state index in [1.807, 2.05) is 69.3 Å². The number of hydrogen-bond donors (Lipinski definition) is 3. The van der Waals surface area contributed by atoms with Crippen LogP contribution < -0.4 is 10.6 Å². The number of amides is 3. The van der Waals surface area contributed by atoms with Gasteiger partial charge in [0.25, 0.3) is 0 Å². The molecule has 3 amide bonds. The number of unbranched alkanes of at least 4 members (excludes halogenated alkanes) is 1. The predicted octanol–water partition coefficient (Wildman–Crippen LogP) is 3.81. The highest BCUT2D eigenvalue weighted by molar-refractivity contribution is 6.05. The van der Waals surface area contributed by atoms with E-state index in [0.29, 0.717) is 44.3 Å². The van der Waals surface area contributed by atoms with Crippen LogP contribution in [0.15, 0.2) is 48.5 Å². The fourth-order valence-corrected chi connectivity index (χ4v) is 7.00. The maximum absolute atomic E-state index is 14.1. The molecule has 0 saturated carbocycles. The third-order valence-electron chi connectivity index (χ3n) is 8.79. The summed E-state index contributed by atoms with van der Waals surface area (Å²) in [6, 6.07) is 14.2. The van der Waals surface area contributed by atoms with Gasteiger partial charge in [-0.25, -0.2) is 0 Å². The molecule has 38 heavy (non-hydrogen) atoms. The molecule has 3 heterocycles. The number of hydrogen-bond acceptors (Lipinski definition) is 5. The number of ether oxygens (including phenoxy) is 1. The molecule has 2 aromatic carbocycles. The van der Waals surface area contributed by atoms with E-state index in [2.05, 4.69) is 10.6 Å². The Morgan fingerprint density at radius 1 is 1.00 bits per heavy atom. The van der Waals surface area contributed by atoms with Crippen LogP contribution in [-0.4, -0.2) is 58.1 Å². The van der Waals surface area contributed by atoms with E-state index in [1.54, 1.807) is 4.90 Å². The van der Waals surface area contributed by atoms with Gasteiger partial charge in [-0.1, -0.05) is 43.3 Å². The van der Waals surface area contributed by atoms with E-state index < -0.39 is 29.1 Å². The SMILES string of the molecule is CC[C@@]12CCC3(O1)C(C(=O)Nc1c(C)cccc1C)N(CCCCO)C(=O)[C@@H]3[C@@H]2C(=O)Nc1ccccc1. The molecule has 3 aliphatic heterocycles. The largest absolute Gasteiger partial charge is 0.396 e. The number of aliphatic hydroxyl groups excluding tert-OH is 1. The summed E-state index contributed by atoms with van der Waals surface area (Å²) in [7, 11) is 0. The number of nitrogens with zero attached hydrogens (tertiary/aromatic N) is 1. The number of anilines is 2. The lowest BCUT2D eigenvalue weighted by atomic mass is 9.65. The summed E-state index contributed by atoms with van der Waals surface area (Å²) in [6.45, 7) is 6.19. The van der Waals surface area contributed by atoms with Crippen LogP contribution >= 0.6 is 0 Å². The monoisotopic (exact) mass is 519 g/mol. The van der Waals surface area contributed by atoms with Gasteiger partial charge >= 0.3 is 0 Å². The first-order chi connectivity index (χ1) is 18.3. The summed E-state index contributed by atoms with van der Waals surface area (Å²) < 4.78 is 6.80. The summed E-state index contributed by atoms with van der Waals surface area (Å²) in [5, 5.41) is 15.5. The molecule has 0 radical (unpaired) electrons. The van der Waals surface area contributed by atoms with Gasteiger partial charge in [0.2, 0.25) is 17.7 Å². The summed E-state index contributed by atoms with van der Waals surface area (Å²) in [5.41, 5.74) is 1.39. The van der Waals surface area contributed by atoms with Crippen molar-refractivity contribution in [3.8, 4) is 0 Å². The summed E-state index contributed by atoms with van der Waals surface area (Å²) in [6.07, 6.45) is 2.79. The smallest absolute Gasteiger partial charge is 0.250 e. The first-order valence-corrected chi connectivity index (χ1v) is 13.6. The van der Waals surface area contributed by atoms with Crippen molar-refractivity contribution in [2.24, 2.45) is 11.8 Å². The Balaban J connectivity index is 1.53. The van der Waals surface area contributed by atoms with Crippen molar-refractivity contribution in [2.75, 3.05) is 23.8 Å². The molecule has 5 rings (SSSR count). The van der Waals surface area contributed by atoms with Gasteiger partial charge in [0.1, 0.15) is 11.6 Å². The minimum absolute atomic E-state index is 0.00736. The van der Waals surface area contributed by atoms with Crippen molar-refractivity contribution < 1.29 is 24.2 Å². The molecule has 2 bridgehead atoms. The standard InChI is InChI=1S/C30H37N3O5/c1-4-29-15-16-30(38-29)23(22(29)26(35)31-21-13-6-5-7-14-21)28(37)33(17-8-9-18-34)25(30)27(36)32-24-19(2)11-10-12-20(24)3/h5-7,10-14,22-23,25,34H,4,8-9,15-18H2,1-3H3,(H,31,35)(H,32,36)/t22-,23+,25?,29+,30?/m1/s1. The first kappa shape index (κ1) is 26.4. The number of para-hydroxylation sites is 2. The Hall–Kier alpha value is -3.23. The van der Waals surface area contributed by atoms with Crippen molar-refractivity contribution >= 4 is 29.1 Å². The molecule has 3 saturated heterocycles. The molecule has 8 nitrogen and oxygen atoms in total. The zero-order valence-corrected chi connectivity index (χ0v) is 22.3. The summed E-state index contributed by atoms with van der Waals surface area (Å²) in [4.78, 5) is 43.6. The van der Waals surface area contributed by atoms with Gasteiger partial charge in [0.05, 0.1) is 17.4 Å². The topological polar surface area (TPSA) is 108 Å². The molecule has 1 spiro atoms. The molecule has 0 aromatic heterocycles. The second-order valence-corrected chi connectivity index (χ2v) is 10.9. The minimum Gasteiger partial charge on any atom is -0.396 e. The minimum atomic E-state index is -1.08. The molecule has 5 atom stereocenters. The van der Waals surface area contributed by atoms with Crippen LogP contribution in [0.4, 0.5) is 11.4 Å². The number of fused-ring (bicyclic) bond motifs is 1. The molecular weight excluding hydrogens is 482 g/mol. The zero-order chi connectivity index (χ0) is 27.1. The molecule has 2 unspecified atom stereocenters. The average Bonchev–Trinajstić information content (AvgIpc) is 3.51. The number of carbonyl (C=O) groups is 3. The quantitative estimate of drug-likeness (QED) is 0.437. The molecule has 3 aliphatic rings. The number of rotatable bonds is 9. The molecule has 2 aromatic rings. The van der Waals surface area contributed by atoms with Crippen molar-refractivity contribution in [3.63, 3.8) is 0 Å². The normalized spacial score (nSPS) is 29.4. The second kappa shape index (κ2) is 10.2. The average molecular weight is 520 g/mol. The Bertz CT molecular complexity index is 1210. The first-order valence-electron chi connectivity index (χ1n) is 13.6. The van der Waals surface area contributed by atoms with Crippen molar-refractivity contribution in [2.45, 2.75) is 70.1 Å². The maximum atomic E-state index is 14.1. The fourth-order valence-electron chi connectivity index (χ4n) is 7.00. The van der Waals surface area contributed by atoms with Crippen LogP contribution in [0.3, 0.4) is 0 Å². The van der Waals surface area contributed by atoms with E-state index in [0.717, 1.165) is 16.8 Å². The lowest BCUT2D eigenvalue weighted by Crippen LogP contribution is -2.53. The van der Waals surface area contributed by atoms with E-state index >= 15 is 0 Å². The number of likely N-dealkylation sites (tertiary alicyclic amines) is 1. The van der Waals surface area contributed by atoms with Gasteiger partial charge in [-0.3, -0.25) is 14.4 Å². The Labute approximate surface area is 223 Å². The molecule has 0 aliphatic carbocycles. The lowest BCUT2D eigenvalue weighted by molar-refractivity contribution is -0.144. The number of nitrogens with one attached hydrogen (secondary N) is 2. The summed E-state index contributed by atoms with van der Waals surface area (Å²) in [5.74, 6) is -2.20. The van der Waals surface area contributed by atoms with Crippen molar-refractivity contribution in [1.82, 2.24) is 4.90 Å². The van der Waals surface area contributed by atoms with E-state index in [9.17, 15) is 19.5 Å². The zero-order valence-electron chi connectivity index (χ0n) is 22.3. The molecular formula is C30H37N3O5. The second-order valence-electron chi connectivity index (χ2n) is 10.9. The number of aliphatic hydroxyl groups is 1. The van der Waals surface area contributed by atoms with E-state index in [-0.39, 0.29) is 24.3 Å². The van der Waals surface area contributed by atoms with Gasteiger partial charge in [0.15, 0.2) is 0 Å². The number of aryl methyl sites for hydroxylation is 2. The lowest BCUT2D eigenvalue weighted by Gasteiger charge is -2.34. The van der Waals surface area contributed by atoms with Gasteiger partial charge in [-0.2, -0.15) is 0 Å². The Morgan fingerprint density at radius 3 is 2.37 bits per heavy atom. The fraction of sp³-hybridized carbons (Fsp3) is 0.500. The van der Waals surface area contributed by atoms with Crippen LogP contribution in [0, 0.1) is 25.7 Å². The van der Waals surface area contributed by atoms with Crippen LogP contribution in [0.25, 0.3) is 0 Å². The van der Waals surface area contributed by atoms with Crippen LogP contribution in [0.5, 0.6) is 0 Å². The van der Waals surface area contributed by atoms with Gasteiger partial charge < -0.3 is 25.4 Å². The van der Waals surface area contributed by atoms with Crippen LogP contribution in [0.2, 0.25) is 0 Å². The molecule has 3 fully saturated rings. The number of carbonyl (C=O) groups excluding carboxylic acids is 3. The van der Waals surface area contributed by atoms with Gasteiger partial charge in [-0.05, 0) is 69.2 Å². The van der Waals surface area contributed by atoms with Gasteiger partial charge in [0, 0.05) is 24.5 Å². The highest BCUT2D eigenvalue weighted by Crippen LogP contribution is 2.64. The Kier molecular flexibility index (Phi) is 7.05. The van der Waals surface area contributed by atoms with E-state index in [4.69, 9.17) is 4.74 Å². The van der Waals surface area contributed by atoms with Crippen LogP contribution in [-0.2, 0) is 19.1 Å². The number of benzene rings is 2. The third-order valence-corrected chi connectivity index (χ3v) is 8.79. The highest BCUT2D eigenvalue weighted by Gasteiger charge is 2.78. The van der Waals surface area contributed by atoms with Crippen LogP contribution in [0.1, 0.15) is 50.2 Å². The summed E-state index contributed by atoms with van der Waals surface area (Å²) >= 11 is 0. The molecule has 8 heteroatoms. The van der Waals surface area contributed by atoms with Crippen molar-refractivity contribution in [1.29, 1.82) is 0 Å².